The van der Waals surface area contributed by atoms with Crippen LogP contribution < -0.4 is 0 Å². The molecule has 6 unspecified atom stereocenters. The molecule has 32 heavy (non-hydrogen) atoms. The summed E-state index contributed by atoms with van der Waals surface area (Å²) in [6, 6.07) is 7.90. The maximum absolute atomic E-state index is 13.5. The minimum absolute atomic E-state index is 0.177. The van der Waals surface area contributed by atoms with Crippen LogP contribution in [-0.4, -0.2) is 20.8 Å². The van der Waals surface area contributed by atoms with Crippen molar-refractivity contribution in [2.75, 3.05) is 0 Å². The van der Waals surface area contributed by atoms with E-state index in [2.05, 4.69) is 31.0 Å². The lowest BCUT2D eigenvalue weighted by atomic mass is 9.44. The van der Waals surface area contributed by atoms with Gasteiger partial charge in [0.25, 0.3) is 0 Å². The first-order chi connectivity index (χ1) is 15.4. The molecule has 4 aliphatic rings. The molecule has 1 aromatic heterocycles. The lowest BCUT2D eigenvalue weighted by Crippen LogP contribution is -2.53. The van der Waals surface area contributed by atoms with Gasteiger partial charge in [-0.1, -0.05) is 39.3 Å². The highest BCUT2D eigenvalue weighted by atomic mass is 16.1. The zero-order chi connectivity index (χ0) is 22.1. The molecule has 1 aromatic carbocycles. The molecule has 4 aliphatic carbocycles. The van der Waals surface area contributed by atoms with Gasteiger partial charge in [-0.25, -0.2) is 0 Å². The molecule has 0 spiro atoms. The van der Waals surface area contributed by atoms with Gasteiger partial charge in [0.1, 0.15) is 17.6 Å². The molecule has 4 saturated carbocycles. The summed E-state index contributed by atoms with van der Waals surface area (Å²) in [7, 11) is 0. The molecule has 0 saturated heterocycles. The molecule has 4 nitrogen and oxygen atoms in total. The molecule has 8 atom stereocenters. The van der Waals surface area contributed by atoms with Gasteiger partial charge in [0, 0.05) is 5.92 Å². The van der Waals surface area contributed by atoms with Crippen molar-refractivity contribution in [3.8, 4) is 0 Å². The first kappa shape index (κ1) is 20.9. The van der Waals surface area contributed by atoms with E-state index in [0.717, 1.165) is 47.0 Å². The van der Waals surface area contributed by atoms with Crippen molar-refractivity contribution in [3.05, 3.63) is 24.3 Å². The van der Waals surface area contributed by atoms with Crippen LogP contribution in [0.5, 0.6) is 0 Å². The van der Waals surface area contributed by atoms with Crippen molar-refractivity contribution in [1.29, 1.82) is 0 Å². The van der Waals surface area contributed by atoms with Crippen LogP contribution >= 0.6 is 0 Å². The Hall–Kier alpha value is -1.71. The molecule has 0 amide bonds. The van der Waals surface area contributed by atoms with Crippen LogP contribution in [0.25, 0.3) is 11.0 Å². The number of nitrogens with zero attached hydrogens (tertiary/aromatic N) is 3. The molecule has 1 heterocycles. The summed E-state index contributed by atoms with van der Waals surface area (Å²) < 4.78 is 0. The maximum Gasteiger partial charge on any atom is 0.159 e. The average molecular weight is 434 g/mol. The molecule has 4 heteroatoms. The summed E-state index contributed by atoms with van der Waals surface area (Å²) in [5.41, 5.74) is 2.49. The van der Waals surface area contributed by atoms with Crippen molar-refractivity contribution in [2.45, 2.75) is 85.1 Å². The third-order valence-corrected chi connectivity index (χ3v) is 10.9. The zero-order valence-electron chi connectivity index (χ0n) is 20.1. The number of Topliss-reactive ketones (excluding diaryl/α,β-unsaturated/α-hetero) is 1. The van der Waals surface area contributed by atoms with Crippen LogP contribution in [0.2, 0.25) is 0 Å². The van der Waals surface area contributed by atoms with Gasteiger partial charge in [0.15, 0.2) is 5.78 Å². The van der Waals surface area contributed by atoms with E-state index in [9.17, 15) is 4.79 Å². The van der Waals surface area contributed by atoms with Gasteiger partial charge in [-0.2, -0.15) is 15.0 Å². The number of ketones is 1. The molecule has 6 rings (SSSR count). The summed E-state index contributed by atoms with van der Waals surface area (Å²) in [5.74, 6) is 4.86. The second-order valence-electron chi connectivity index (χ2n) is 12.4. The van der Waals surface area contributed by atoms with Crippen molar-refractivity contribution >= 4 is 16.8 Å². The van der Waals surface area contributed by atoms with E-state index in [-0.39, 0.29) is 11.3 Å². The van der Waals surface area contributed by atoms with Crippen LogP contribution in [0.1, 0.15) is 78.6 Å². The van der Waals surface area contributed by atoms with Gasteiger partial charge in [-0.15, -0.1) is 0 Å². The average Bonchev–Trinajstić information content (AvgIpc) is 3.34. The number of fused-ring (bicyclic) bond motifs is 6. The fraction of sp³-hybridized carbons (Fsp3) is 0.750. The normalized spacial score (nSPS) is 43.5. The van der Waals surface area contributed by atoms with E-state index in [1.54, 1.807) is 4.80 Å². The van der Waals surface area contributed by atoms with Crippen molar-refractivity contribution in [2.24, 2.45) is 46.3 Å². The predicted octanol–water partition coefficient (Wildman–Crippen LogP) is 6.30. The van der Waals surface area contributed by atoms with Crippen molar-refractivity contribution in [1.82, 2.24) is 15.0 Å². The van der Waals surface area contributed by atoms with Crippen LogP contribution in [0.3, 0.4) is 0 Å². The molecule has 0 N–H and O–H groups in total. The van der Waals surface area contributed by atoms with E-state index in [0.29, 0.717) is 17.7 Å². The fourth-order valence-corrected chi connectivity index (χ4v) is 9.23. The van der Waals surface area contributed by atoms with Gasteiger partial charge in [-0.05, 0) is 104 Å². The van der Waals surface area contributed by atoms with Gasteiger partial charge in [0.2, 0.25) is 0 Å². The maximum atomic E-state index is 13.5. The molecule has 0 bridgehead atoms. The Balaban J connectivity index is 1.21. The second kappa shape index (κ2) is 7.40. The van der Waals surface area contributed by atoms with E-state index in [4.69, 9.17) is 0 Å². The lowest BCUT2D eigenvalue weighted by molar-refractivity contribution is -0.137. The number of benzene rings is 1. The Kier molecular flexibility index (Phi) is 4.82. The second-order valence-corrected chi connectivity index (χ2v) is 12.4. The molecular formula is C28H39N3O. The van der Waals surface area contributed by atoms with E-state index < -0.39 is 0 Å². The van der Waals surface area contributed by atoms with Crippen molar-refractivity contribution < 1.29 is 4.79 Å². The molecule has 0 radical (unpaired) electrons. The summed E-state index contributed by atoms with van der Waals surface area (Å²) in [4.78, 5) is 15.2. The van der Waals surface area contributed by atoms with Crippen LogP contribution in [-0.2, 0) is 11.3 Å². The largest absolute Gasteiger partial charge is 0.297 e. The monoisotopic (exact) mass is 433 g/mol. The molecule has 0 aliphatic heterocycles. The molecular weight excluding hydrogens is 394 g/mol. The van der Waals surface area contributed by atoms with Gasteiger partial charge >= 0.3 is 0 Å². The number of hydrogen-bond acceptors (Lipinski definition) is 3. The Morgan fingerprint density at radius 1 is 0.938 bits per heavy atom. The third-order valence-electron chi connectivity index (χ3n) is 10.9. The van der Waals surface area contributed by atoms with Gasteiger partial charge in [0.05, 0.1) is 0 Å². The minimum Gasteiger partial charge on any atom is -0.297 e. The first-order valence-corrected chi connectivity index (χ1v) is 13.2. The van der Waals surface area contributed by atoms with E-state index in [1.807, 2.05) is 24.3 Å². The predicted molar refractivity (Wildman–Crippen MR) is 127 cm³/mol. The fourth-order valence-electron chi connectivity index (χ4n) is 9.23. The molecule has 172 valence electrons. The highest BCUT2D eigenvalue weighted by molar-refractivity contribution is 5.82. The highest BCUT2D eigenvalue weighted by Gasteiger charge is 2.60. The third kappa shape index (κ3) is 3.04. The first-order valence-electron chi connectivity index (χ1n) is 13.2. The van der Waals surface area contributed by atoms with Crippen LogP contribution in [0.4, 0.5) is 0 Å². The summed E-state index contributed by atoms with van der Waals surface area (Å²) in [6.07, 6.45) is 12.0. The molecule has 2 aromatic rings. The van der Waals surface area contributed by atoms with E-state index in [1.165, 1.54) is 51.4 Å². The van der Waals surface area contributed by atoms with Crippen LogP contribution in [0, 0.1) is 46.3 Å². The number of hydrogen-bond donors (Lipinski definition) is 0. The van der Waals surface area contributed by atoms with E-state index >= 15 is 0 Å². The Morgan fingerprint density at radius 2 is 1.62 bits per heavy atom. The SMILES string of the molecule is CC1CCC2(C)C(CCC3C2CC[C@@]2(C)C3CC[C@@H]2C(=O)Cn2nc3ccccc3n2)C1. The standard InChI is InChI=1S/C28H39N3O/c1-18-12-14-27(2)19(16-18)8-9-20-21-10-11-23(28(21,3)15-13-22(20)27)26(32)17-31-29-24-6-4-5-7-25(24)30-31/h4-7,18-23H,8-17H2,1-3H3/t18?,19?,20?,21?,22?,23-,27?,28+/m1/s1. The number of aromatic nitrogens is 3. The lowest BCUT2D eigenvalue weighted by Gasteiger charge is -2.61. The highest BCUT2D eigenvalue weighted by Crippen LogP contribution is 2.67. The topological polar surface area (TPSA) is 47.8 Å². The van der Waals surface area contributed by atoms with Crippen LogP contribution in [0.15, 0.2) is 24.3 Å². The summed E-state index contributed by atoms with van der Waals surface area (Å²) in [6.45, 7) is 7.91. The molecule has 4 fully saturated rings. The van der Waals surface area contributed by atoms with Gasteiger partial charge in [-0.3, -0.25) is 4.79 Å². The summed E-state index contributed by atoms with van der Waals surface area (Å²) >= 11 is 0. The Bertz CT molecular complexity index is 996. The zero-order valence-corrected chi connectivity index (χ0v) is 20.1. The Labute approximate surface area is 192 Å². The minimum atomic E-state index is 0.177. The number of carbonyl (C=O) groups excluding carboxylic acids is 1. The Morgan fingerprint density at radius 3 is 2.38 bits per heavy atom. The van der Waals surface area contributed by atoms with Gasteiger partial charge < -0.3 is 0 Å². The number of carbonyl (C=O) groups is 1. The number of rotatable bonds is 3. The quantitative estimate of drug-likeness (QED) is 0.571. The van der Waals surface area contributed by atoms with Crippen molar-refractivity contribution in [3.63, 3.8) is 0 Å². The smallest absolute Gasteiger partial charge is 0.159 e. The summed E-state index contributed by atoms with van der Waals surface area (Å²) in [5, 5.41) is 9.12.